The number of carboxylic acids is 1. The van der Waals surface area contributed by atoms with Crippen LogP contribution >= 0.6 is 0 Å². The fraction of sp³-hybridized carbons (Fsp3) is 0.429. The van der Waals surface area contributed by atoms with Gasteiger partial charge in [0.25, 0.3) is 0 Å². The molecular weight excluding hydrogens is 258 g/mol. The minimum atomic E-state index is -1.09. The topological polar surface area (TPSA) is 86.9 Å². The Labute approximate surface area is 117 Å². The summed E-state index contributed by atoms with van der Waals surface area (Å²) in [7, 11) is 1.59. The lowest BCUT2D eigenvalue weighted by atomic mass is 10.1. The van der Waals surface area contributed by atoms with Gasteiger partial charge in [-0.2, -0.15) is 0 Å². The second-order valence-electron chi connectivity index (χ2n) is 4.97. The van der Waals surface area contributed by atoms with Crippen molar-refractivity contribution in [1.82, 2.24) is 4.90 Å². The van der Waals surface area contributed by atoms with Crippen LogP contribution in [0.5, 0.6) is 0 Å². The fourth-order valence-electron chi connectivity index (χ4n) is 2.42. The number of rotatable bonds is 2. The number of aromatic carboxylic acids is 1. The Balaban J connectivity index is 2.25. The lowest BCUT2D eigenvalue weighted by molar-refractivity contribution is 0.0697. The smallest absolute Gasteiger partial charge is 0.337 e. The first-order valence-corrected chi connectivity index (χ1v) is 6.66. The predicted octanol–water partition coefficient (Wildman–Crippen LogP) is 2.01. The minimum Gasteiger partial charge on any atom is -0.478 e. The number of hydrogen-bond acceptors (Lipinski definition) is 3. The molecule has 6 heteroatoms. The van der Waals surface area contributed by atoms with Crippen molar-refractivity contribution in [1.29, 1.82) is 0 Å². The van der Waals surface area contributed by atoms with Gasteiger partial charge in [-0.15, -0.1) is 0 Å². The van der Waals surface area contributed by atoms with Crippen LogP contribution in [0.3, 0.4) is 0 Å². The Bertz CT molecular complexity index is 524. The molecule has 0 atom stereocenters. The van der Waals surface area contributed by atoms with Crippen LogP contribution in [-0.4, -0.2) is 42.1 Å². The summed E-state index contributed by atoms with van der Waals surface area (Å²) in [5.74, 6) is -1.09. The molecular formula is C14H19N3O3. The van der Waals surface area contributed by atoms with Crippen LogP contribution in [0, 0.1) is 0 Å². The average Bonchev–Trinajstić information content (AvgIpc) is 2.46. The van der Waals surface area contributed by atoms with Gasteiger partial charge < -0.3 is 15.7 Å². The number of nitrogens with zero attached hydrogens (tertiary/aromatic N) is 2. The summed E-state index contributed by atoms with van der Waals surface area (Å²) in [6.07, 6.45) is 3.12. The van der Waals surface area contributed by atoms with E-state index in [-0.39, 0.29) is 11.6 Å². The molecule has 0 aromatic heterocycles. The van der Waals surface area contributed by atoms with Crippen molar-refractivity contribution in [2.24, 2.45) is 0 Å². The van der Waals surface area contributed by atoms with Crippen LogP contribution in [0.15, 0.2) is 18.2 Å². The number of benzene rings is 1. The van der Waals surface area contributed by atoms with Gasteiger partial charge in [0, 0.05) is 25.8 Å². The van der Waals surface area contributed by atoms with E-state index in [0.717, 1.165) is 32.4 Å². The summed E-state index contributed by atoms with van der Waals surface area (Å²) >= 11 is 0. The Morgan fingerprint density at radius 3 is 2.50 bits per heavy atom. The van der Waals surface area contributed by atoms with E-state index in [2.05, 4.69) is 0 Å². The molecule has 1 fully saturated rings. The second kappa shape index (κ2) is 5.81. The molecule has 2 amide bonds. The number of carbonyl (C=O) groups excluding carboxylic acids is 1. The summed E-state index contributed by atoms with van der Waals surface area (Å²) < 4.78 is 0. The zero-order valence-electron chi connectivity index (χ0n) is 11.5. The zero-order chi connectivity index (χ0) is 14.7. The summed E-state index contributed by atoms with van der Waals surface area (Å²) in [6.45, 7) is 1.45. The summed E-state index contributed by atoms with van der Waals surface area (Å²) in [5, 5.41) is 9.22. The van der Waals surface area contributed by atoms with Gasteiger partial charge in [0.05, 0.1) is 11.3 Å². The van der Waals surface area contributed by atoms with Gasteiger partial charge in [0.1, 0.15) is 0 Å². The SMILES string of the molecule is CN(C(=O)N1CCCCC1)c1ccc(N)cc1C(=O)O. The van der Waals surface area contributed by atoms with Crippen molar-refractivity contribution in [3.63, 3.8) is 0 Å². The van der Waals surface area contributed by atoms with Gasteiger partial charge in [0.15, 0.2) is 0 Å². The maximum Gasteiger partial charge on any atom is 0.337 e. The molecule has 1 aliphatic heterocycles. The largest absolute Gasteiger partial charge is 0.478 e. The Morgan fingerprint density at radius 2 is 1.90 bits per heavy atom. The summed E-state index contributed by atoms with van der Waals surface area (Å²) in [6, 6.07) is 4.37. The second-order valence-corrected chi connectivity index (χ2v) is 4.97. The van der Waals surface area contributed by atoms with E-state index in [1.165, 1.54) is 11.0 Å². The molecule has 108 valence electrons. The molecule has 1 aromatic carbocycles. The van der Waals surface area contributed by atoms with Crippen LogP contribution in [0.4, 0.5) is 16.2 Å². The highest BCUT2D eigenvalue weighted by atomic mass is 16.4. The number of likely N-dealkylation sites (tertiary alicyclic amines) is 1. The molecule has 1 aliphatic rings. The lowest BCUT2D eigenvalue weighted by Gasteiger charge is -2.31. The van der Waals surface area contributed by atoms with Gasteiger partial charge in [-0.25, -0.2) is 9.59 Å². The quantitative estimate of drug-likeness (QED) is 0.809. The first kappa shape index (κ1) is 14.2. The highest BCUT2D eigenvalue weighted by Crippen LogP contribution is 2.24. The van der Waals surface area contributed by atoms with Gasteiger partial charge in [0.2, 0.25) is 0 Å². The average molecular weight is 277 g/mol. The van der Waals surface area contributed by atoms with Crippen molar-refractivity contribution in [2.45, 2.75) is 19.3 Å². The maximum atomic E-state index is 12.4. The first-order valence-electron chi connectivity index (χ1n) is 6.66. The summed E-state index contributed by atoms with van der Waals surface area (Å²) in [4.78, 5) is 26.8. The number of amides is 2. The van der Waals surface area contributed by atoms with E-state index in [0.29, 0.717) is 11.4 Å². The molecule has 0 bridgehead atoms. The normalized spacial score (nSPS) is 14.9. The number of piperidine rings is 1. The number of carbonyl (C=O) groups is 2. The van der Waals surface area contributed by atoms with E-state index < -0.39 is 5.97 Å². The lowest BCUT2D eigenvalue weighted by Crippen LogP contribution is -2.44. The van der Waals surface area contributed by atoms with Crippen molar-refractivity contribution in [3.05, 3.63) is 23.8 Å². The van der Waals surface area contributed by atoms with Crippen LogP contribution in [-0.2, 0) is 0 Å². The third-order valence-corrected chi connectivity index (χ3v) is 3.53. The number of nitrogens with two attached hydrogens (primary N) is 1. The molecule has 0 radical (unpaired) electrons. The van der Waals surface area contributed by atoms with Crippen LogP contribution in [0.1, 0.15) is 29.6 Å². The third-order valence-electron chi connectivity index (χ3n) is 3.53. The number of nitrogen functional groups attached to an aromatic ring is 1. The molecule has 3 N–H and O–H groups in total. The molecule has 0 aliphatic carbocycles. The van der Waals surface area contributed by atoms with Crippen LogP contribution in [0.2, 0.25) is 0 Å². The van der Waals surface area contributed by atoms with Gasteiger partial charge >= 0.3 is 12.0 Å². The van der Waals surface area contributed by atoms with Crippen molar-refractivity contribution in [2.75, 3.05) is 30.8 Å². The predicted molar refractivity (Wildman–Crippen MR) is 77.0 cm³/mol. The van der Waals surface area contributed by atoms with Crippen molar-refractivity contribution >= 4 is 23.4 Å². The Kier molecular flexibility index (Phi) is 4.12. The molecule has 0 saturated carbocycles. The molecule has 0 spiro atoms. The molecule has 1 saturated heterocycles. The molecule has 6 nitrogen and oxygen atoms in total. The number of urea groups is 1. The fourth-order valence-corrected chi connectivity index (χ4v) is 2.42. The minimum absolute atomic E-state index is 0.0397. The standard InChI is InChI=1S/C14H19N3O3/c1-16(14(20)17-7-3-2-4-8-17)12-6-5-10(15)9-11(12)13(18)19/h5-6,9H,2-4,7-8,15H2,1H3,(H,18,19). The highest BCUT2D eigenvalue weighted by molar-refractivity contribution is 6.01. The maximum absolute atomic E-state index is 12.4. The number of anilines is 2. The van der Waals surface area contributed by atoms with Crippen LogP contribution in [0.25, 0.3) is 0 Å². The molecule has 0 unspecified atom stereocenters. The monoisotopic (exact) mass is 277 g/mol. The molecule has 20 heavy (non-hydrogen) atoms. The zero-order valence-corrected chi connectivity index (χ0v) is 11.5. The van der Waals surface area contributed by atoms with E-state index in [1.807, 2.05) is 0 Å². The van der Waals surface area contributed by atoms with Crippen molar-refractivity contribution in [3.8, 4) is 0 Å². The summed E-state index contributed by atoms with van der Waals surface area (Å²) in [5.41, 5.74) is 6.38. The van der Waals surface area contributed by atoms with Gasteiger partial charge in [-0.05, 0) is 37.5 Å². The van der Waals surface area contributed by atoms with Crippen LogP contribution < -0.4 is 10.6 Å². The Morgan fingerprint density at radius 1 is 1.25 bits per heavy atom. The highest BCUT2D eigenvalue weighted by Gasteiger charge is 2.24. The molecule has 1 aromatic rings. The molecule has 2 rings (SSSR count). The van der Waals surface area contributed by atoms with Gasteiger partial charge in [-0.1, -0.05) is 0 Å². The van der Waals surface area contributed by atoms with E-state index in [1.54, 1.807) is 24.1 Å². The van der Waals surface area contributed by atoms with E-state index >= 15 is 0 Å². The number of hydrogen-bond donors (Lipinski definition) is 2. The Hall–Kier alpha value is -2.24. The molecule has 1 heterocycles. The van der Waals surface area contributed by atoms with Gasteiger partial charge in [-0.3, -0.25) is 4.90 Å². The third kappa shape index (κ3) is 2.84. The number of carboxylic acid groups (broad SMARTS) is 1. The van der Waals surface area contributed by atoms with Crippen molar-refractivity contribution < 1.29 is 14.7 Å². The van der Waals surface area contributed by atoms with E-state index in [4.69, 9.17) is 5.73 Å². The van der Waals surface area contributed by atoms with E-state index in [9.17, 15) is 14.7 Å². The first-order chi connectivity index (χ1) is 9.50.